The van der Waals surface area contributed by atoms with Crippen LogP contribution in [0.25, 0.3) is 0 Å². The van der Waals surface area contributed by atoms with Gasteiger partial charge in [0.15, 0.2) is 17.1 Å². The molecule has 1 rings (SSSR count). The van der Waals surface area contributed by atoms with E-state index in [4.69, 9.17) is 14.6 Å². The first-order valence-electron chi connectivity index (χ1n) is 5.50. The van der Waals surface area contributed by atoms with Crippen molar-refractivity contribution in [2.75, 3.05) is 14.2 Å². The van der Waals surface area contributed by atoms with Crippen molar-refractivity contribution in [2.45, 2.75) is 19.4 Å². The minimum atomic E-state index is -1.40. The summed E-state index contributed by atoms with van der Waals surface area (Å²) in [6, 6.07) is 4.37. The van der Waals surface area contributed by atoms with Crippen LogP contribution in [0.4, 0.5) is 0 Å². The first-order valence-corrected chi connectivity index (χ1v) is 5.50. The molecule has 6 nitrogen and oxygen atoms in total. The molecule has 0 aliphatic rings. The standard InChI is InChI=1S/C13H16O6/c1-13(2,12(15)16)19-9-6-5-8(11(14)18-4)7-10(9)17-3/h5-7H,1-4H3,(H,15,16). The predicted molar refractivity (Wildman–Crippen MR) is 66.7 cm³/mol. The van der Waals surface area contributed by atoms with E-state index in [1.54, 1.807) is 0 Å². The Morgan fingerprint density at radius 2 is 1.79 bits per heavy atom. The zero-order valence-corrected chi connectivity index (χ0v) is 11.2. The molecule has 0 heterocycles. The summed E-state index contributed by atoms with van der Waals surface area (Å²) in [6.07, 6.45) is 0. The Balaban J connectivity index is 3.10. The summed E-state index contributed by atoms with van der Waals surface area (Å²) in [7, 11) is 2.67. The molecule has 0 saturated carbocycles. The first-order chi connectivity index (χ1) is 8.81. The van der Waals surface area contributed by atoms with Gasteiger partial charge in [0.05, 0.1) is 19.8 Å². The van der Waals surface area contributed by atoms with Crippen molar-refractivity contribution < 1.29 is 28.9 Å². The van der Waals surface area contributed by atoms with Gasteiger partial charge in [0.1, 0.15) is 0 Å². The number of hydrogen-bond donors (Lipinski definition) is 1. The molecule has 104 valence electrons. The molecule has 1 N–H and O–H groups in total. The summed E-state index contributed by atoms with van der Waals surface area (Å²) in [6.45, 7) is 2.84. The lowest BCUT2D eigenvalue weighted by Crippen LogP contribution is -2.38. The second kappa shape index (κ2) is 5.60. The molecule has 0 unspecified atom stereocenters. The van der Waals surface area contributed by atoms with Gasteiger partial charge in [0.2, 0.25) is 0 Å². The van der Waals surface area contributed by atoms with E-state index >= 15 is 0 Å². The van der Waals surface area contributed by atoms with E-state index in [0.717, 1.165) is 0 Å². The third-order valence-electron chi connectivity index (χ3n) is 2.46. The number of esters is 1. The van der Waals surface area contributed by atoms with Crippen LogP contribution in [0.3, 0.4) is 0 Å². The quantitative estimate of drug-likeness (QED) is 0.819. The normalized spacial score (nSPS) is 10.7. The van der Waals surface area contributed by atoms with Crippen molar-refractivity contribution in [3.63, 3.8) is 0 Å². The van der Waals surface area contributed by atoms with Crippen LogP contribution in [-0.2, 0) is 9.53 Å². The van der Waals surface area contributed by atoms with Gasteiger partial charge in [-0.15, -0.1) is 0 Å². The Kier molecular flexibility index (Phi) is 4.37. The van der Waals surface area contributed by atoms with Gasteiger partial charge in [-0.3, -0.25) is 0 Å². The number of carbonyl (C=O) groups excluding carboxylic acids is 1. The molecule has 1 aromatic carbocycles. The highest BCUT2D eigenvalue weighted by Gasteiger charge is 2.30. The van der Waals surface area contributed by atoms with E-state index in [9.17, 15) is 9.59 Å². The number of methoxy groups -OCH3 is 2. The molecular weight excluding hydrogens is 252 g/mol. The topological polar surface area (TPSA) is 82.1 Å². The summed E-state index contributed by atoms with van der Waals surface area (Å²) >= 11 is 0. The highest BCUT2D eigenvalue weighted by atomic mass is 16.5. The van der Waals surface area contributed by atoms with E-state index in [-0.39, 0.29) is 11.5 Å². The second-order valence-corrected chi connectivity index (χ2v) is 4.27. The van der Waals surface area contributed by atoms with Crippen LogP contribution in [0.1, 0.15) is 24.2 Å². The molecule has 6 heteroatoms. The van der Waals surface area contributed by atoms with Crippen LogP contribution in [0.15, 0.2) is 18.2 Å². The van der Waals surface area contributed by atoms with Crippen molar-refractivity contribution in [2.24, 2.45) is 0 Å². The average Bonchev–Trinajstić information content (AvgIpc) is 2.37. The fourth-order valence-electron chi connectivity index (χ4n) is 1.32. The molecule has 0 radical (unpaired) electrons. The maximum absolute atomic E-state index is 11.4. The van der Waals surface area contributed by atoms with Crippen molar-refractivity contribution in [3.05, 3.63) is 23.8 Å². The Morgan fingerprint density at radius 1 is 1.16 bits per heavy atom. The number of carboxylic acid groups (broad SMARTS) is 1. The Hall–Kier alpha value is -2.24. The molecule has 0 amide bonds. The zero-order chi connectivity index (χ0) is 14.6. The highest BCUT2D eigenvalue weighted by molar-refractivity contribution is 5.90. The van der Waals surface area contributed by atoms with Crippen LogP contribution < -0.4 is 9.47 Å². The van der Waals surface area contributed by atoms with Gasteiger partial charge in [0.25, 0.3) is 0 Å². The molecular formula is C13H16O6. The van der Waals surface area contributed by atoms with Crippen molar-refractivity contribution in [1.29, 1.82) is 0 Å². The van der Waals surface area contributed by atoms with Crippen LogP contribution in [0.5, 0.6) is 11.5 Å². The van der Waals surface area contributed by atoms with Crippen molar-refractivity contribution >= 4 is 11.9 Å². The maximum Gasteiger partial charge on any atom is 0.347 e. The fourth-order valence-corrected chi connectivity index (χ4v) is 1.32. The zero-order valence-electron chi connectivity index (χ0n) is 11.2. The van der Waals surface area contributed by atoms with Crippen LogP contribution in [0, 0.1) is 0 Å². The lowest BCUT2D eigenvalue weighted by molar-refractivity contribution is -0.152. The lowest BCUT2D eigenvalue weighted by atomic mass is 10.1. The molecule has 19 heavy (non-hydrogen) atoms. The van der Waals surface area contributed by atoms with E-state index in [1.807, 2.05) is 0 Å². The van der Waals surface area contributed by atoms with Gasteiger partial charge < -0.3 is 19.3 Å². The second-order valence-electron chi connectivity index (χ2n) is 4.27. The van der Waals surface area contributed by atoms with Gasteiger partial charge in [-0.05, 0) is 32.0 Å². The largest absolute Gasteiger partial charge is 0.493 e. The minimum absolute atomic E-state index is 0.238. The van der Waals surface area contributed by atoms with E-state index in [2.05, 4.69) is 4.74 Å². The molecule has 0 bridgehead atoms. The first kappa shape index (κ1) is 14.8. The molecule has 0 saturated heterocycles. The van der Waals surface area contributed by atoms with Gasteiger partial charge in [0, 0.05) is 0 Å². The average molecular weight is 268 g/mol. The minimum Gasteiger partial charge on any atom is -0.493 e. The molecule has 0 fully saturated rings. The third kappa shape index (κ3) is 3.37. The smallest absolute Gasteiger partial charge is 0.347 e. The van der Waals surface area contributed by atoms with Crippen LogP contribution in [-0.4, -0.2) is 36.9 Å². The molecule has 0 aliphatic carbocycles. The summed E-state index contributed by atoms with van der Waals surface area (Å²) in [4.78, 5) is 22.4. The third-order valence-corrected chi connectivity index (χ3v) is 2.46. The number of ether oxygens (including phenoxy) is 3. The predicted octanol–water partition coefficient (Wildman–Crippen LogP) is 1.72. The van der Waals surface area contributed by atoms with E-state index in [1.165, 1.54) is 46.3 Å². The van der Waals surface area contributed by atoms with Gasteiger partial charge in [-0.1, -0.05) is 0 Å². The van der Waals surface area contributed by atoms with Crippen molar-refractivity contribution in [1.82, 2.24) is 0 Å². The molecule has 0 spiro atoms. The number of benzene rings is 1. The molecule has 1 aromatic rings. The lowest BCUT2D eigenvalue weighted by Gasteiger charge is -2.23. The summed E-state index contributed by atoms with van der Waals surface area (Å²) in [5.74, 6) is -1.12. The van der Waals surface area contributed by atoms with E-state index in [0.29, 0.717) is 5.56 Å². The molecule has 0 aliphatic heterocycles. The van der Waals surface area contributed by atoms with Crippen LogP contribution >= 0.6 is 0 Å². The summed E-state index contributed by atoms with van der Waals surface area (Å²) < 4.78 is 15.0. The van der Waals surface area contributed by atoms with Gasteiger partial charge >= 0.3 is 11.9 Å². The maximum atomic E-state index is 11.4. The number of carbonyl (C=O) groups is 2. The van der Waals surface area contributed by atoms with E-state index < -0.39 is 17.5 Å². The number of carboxylic acids is 1. The Labute approximate surface area is 110 Å². The number of aliphatic carboxylic acids is 1. The highest BCUT2D eigenvalue weighted by Crippen LogP contribution is 2.31. The van der Waals surface area contributed by atoms with Crippen LogP contribution in [0.2, 0.25) is 0 Å². The SMILES string of the molecule is COC(=O)c1ccc(OC(C)(C)C(=O)O)c(OC)c1. The molecule has 0 atom stereocenters. The van der Waals surface area contributed by atoms with Crippen molar-refractivity contribution in [3.8, 4) is 11.5 Å². The van der Waals surface area contributed by atoms with Gasteiger partial charge in [-0.25, -0.2) is 9.59 Å². The summed E-state index contributed by atoms with van der Waals surface area (Å²) in [5, 5.41) is 9.01. The number of rotatable bonds is 5. The van der Waals surface area contributed by atoms with Gasteiger partial charge in [-0.2, -0.15) is 0 Å². The Morgan fingerprint density at radius 3 is 2.26 bits per heavy atom. The Bertz CT molecular complexity index is 492. The fraction of sp³-hybridized carbons (Fsp3) is 0.385. The summed E-state index contributed by atoms with van der Waals surface area (Å²) in [5.41, 5.74) is -1.11. The molecule has 0 aromatic heterocycles. The monoisotopic (exact) mass is 268 g/mol. The number of hydrogen-bond acceptors (Lipinski definition) is 5.